The van der Waals surface area contributed by atoms with Gasteiger partial charge in [0.25, 0.3) is 0 Å². The number of unbranched alkanes of at least 4 members (excludes halogenated alkanes) is 4. The van der Waals surface area contributed by atoms with E-state index in [2.05, 4.69) is 76.6 Å². The van der Waals surface area contributed by atoms with Crippen molar-refractivity contribution < 1.29 is 9.13 Å². The first-order chi connectivity index (χ1) is 10.7. The molecule has 0 saturated heterocycles. The predicted octanol–water partition coefficient (Wildman–Crippen LogP) is 3.01. The Bertz CT molecular complexity index is 499. The average Bonchev–Trinajstić information content (AvgIpc) is 3.11. The molecule has 0 aromatic carbocycles. The van der Waals surface area contributed by atoms with Gasteiger partial charge in [-0.05, 0) is 19.3 Å². The summed E-state index contributed by atoms with van der Waals surface area (Å²) in [5, 5.41) is 0. The van der Waals surface area contributed by atoms with Gasteiger partial charge in [0.15, 0.2) is 0 Å². The first-order valence-electron chi connectivity index (χ1n) is 8.67. The fourth-order valence-electron chi connectivity index (χ4n) is 2.33. The van der Waals surface area contributed by atoms with Crippen molar-refractivity contribution in [3.8, 4) is 0 Å². The van der Waals surface area contributed by atoms with Crippen molar-refractivity contribution >= 4 is 0 Å². The molecule has 2 rings (SSSR count). The SMILES string of the molecule is CCCCCCn1cc[n+](C)c1.CCCCn1cc[n+](C)c1. The zero-order chi connectivity index (χ0) is 16.2. The molecule has 0 N–H and O–H groups in total. The zero-order valence-corrected chi connectivity index (χ0v) is 14.9. The Hall–Kier alpha value is -1.58. The van der Waals surface area contributed by atoms with Crippen LogP contribution < -0.4 is 9.13 Å². The Balaban J connectivity index is 0.000000224. The third-order valence-corrected chi connectivity index (χ3v) is 3.69. The minimum absolute atomic E-state index is 1.15. The Morgan fingerprint density at radius 3 is 1.59 bits per heavy atom. The van der Waals surface area contributed by atoms with Crippen LogP contribution in [0.15, 0.2) is 37.4 Å². The van der Waals surface area contributed by atoms with Crippen LogP contribution >= 0.6 is 0 Å². The lowest BCUT2D eigenvalue weighted by Gasteiger charge is -1.95. The maximum absolute atomic E-state index is 2.25. The lowest BCUT2D eigenvalue weighted by atomic mass is 10.2. The van der Waals surface area contributed by atoms with Crippen LogP contribution in [0.1, 0.15) is 52.4 Å². The maximum atomic E-state index is 2.25. The smallest absolute Gasteiger partial charge is 0.240 e. The van der Waals surface area contributed by atoms with E-state index in [0.29, 0.717) is 0 Å². The van der Waals surface area contributed by atoms with E-state index in [4.69, 9.17) is 0 Å². The molecule has 0 aliphatic rings. The molecule has 0 bridgehead atoms. The van der Waals surface area contributed by atoms with E-state index < -0.39 is 0 Å². The molecule has 0 atom stereocenters. The molecule has 2 aromatic rings. The van der Waals surface area contributed by atoms with Crippen molar-refractivity contribution in [3.05, 3.63) is 37.4 Å². The van der Waals surface area contributed by atoms with E-state index in [9.17, 15) is 0 Å². The molecule has 0 aliphatic carbocycles. The first kappa shape index (κ1) is 18.5. The molecule has 0 fully saturated rings. The van der Waals surface area contributed by atoms with Crippen molar-refractivity contribution in [1.29, 1.82) is 0 Å². The van der Waals surface area contributed by atoms with Crippen molar-refractivity contribution in [2.24, 2.45) is 14.1 Å². The summed E-state index contributed by atoms with van der Waals surface area (Å²) in [6.45, 7) is 6.78. The predicted molar refractivity (Wildman–Crippen MR) is 90.3 cm³/mol. The van der Waals surface area contributed by atoms with Gasteiger partial charge < -0.3 is 0 Å². The molecule has 0 radical (unpaired) electrons. The van der Waals surface area contributed by atoms with Crippen molar-refractivity contribution in [3.63, 3.8) is 0 Å². The highest BCUT2D eigenvalue weighted by molar-refractivity contribution is 4.66. The van der Waals surface area contributed by atoms with Crippen molar-refractivity contribution in [2.45, 2.75) is 65.5 Å². The molecule has 4 heteroatoms. The van der Waals surface area contributed by atoms with E-state index in [1.54, 1.807) is 0 Å². The molecule has 0 aliphatic heterocycles. The Morgan fingerprint density at radius 2 is 1.18 bits per heavy atom. The second-order valence-corrected chi connectivity index (χ2v) is 6.05. The van der Waals surface area contributed by atoms with Crippen LogP contribution in [0.25, 0.3) is 0 Å². The van der Waals surface area contributed by atoms with Crippen LogP contribution in [0.4, 0.5) is 0 Å². The number of rotatable bonds is 8. The second-order valence-electron chi connectivity index (χ2n) is 6.05. The molecule has 2 heterocycles. The number of hydrogen-bond donors (Lipinski definition) is 0. The van der Waals surface area contributed by atoms with Crippen molar-refractivity contribution in [1.82, 2.24) is 9.13 Å². The van der Waals surface area contributed by atoms with E-state index in [1.165, 1.54) is 45.1 Å². The monoisotopic (exact) mass is 306 g/mol. The van der Waals surface area contributed by atoms with Crippen LogP contribution in [0, 0.1) is 0 Å². The molecule has 2 aromatic heterocycles. The molecule has 124 valence electrons. The highest BCUT2D eigenvalue weighted by Crippen LogP contribution is 2.00. The summed E-state index contributed by atoms with van der Waals surface area (Å²) in [4.78, 5) is 0. The van der Waals surface area contributed by atoms with Crippen LogP contribution in [-0.4, -0.2) is 9.13 Å². The van der Waals surface area contributed by atoms with E-state index in [-0.39, 0.29) is 0 Å². The summed E-state index contributed by atoms with van der Waals surface area (Å²) in [6, 6.07) is 0. The number of hydrogen-bond acceptors (Lipinski definition) is 0. The summed E-state index contributed by atoms with van der Waals surface area (Å²) < 4.78 is 8.61. The van der Waals surface area contributed by atoms with Gasteiger partial charge >= 0.3 is 0 Å². The van der Waals surface area contributed by atoms with Crippen LogP contribution in [0.2, 0.25) is 0 Å². The van der Waals surface area contributed by atoms with Crippen LogP contribution in [0.3, 0.4) is 0 Å². The lowest BCUT2D eigenvalue weighted by Crippen LogP contribution is -2.23. The summed E-state index contributed by atoms with van der Waals surface area (Å²) in [7, 11) is 4.10. The molecule has 0 unspecified atom stereocenters. The van der Waals surface area contributed by atoms with E-state index in [1.807, 2.05) is 7.05 Å². The number of aryl methyl sites for hydroxylation is 4. The highest BCUT2D eigenvalue weighted by atomic mass is 15.1. The normalized spacial score (nSPS) is 10.4. The zero-order valence-electron chi connectivity index (χ0n) is 14.9. The van der Waals surface area contributed by atoms with E-state index in [0.717, 1.165) is 6.54 Å². The standard InChI is InChI=1S/C10H19N2.C8H15N2/c1-3-4-5-6-7-12-9-8-11(2)10-12;1-3-4-5-10-7-6-9(2)8-10/h8-10H,3-7H2,1-2H3;6-8H,3-5H2,1-2H3/q2*+1. The van der Waals surface area contributed by atoms with Crippen LogP contribution in [0.5, 0.6) is 0 Å². The van der Waals surface area contributed by atoms with Gasteiger partial charge in [-0.1, -0.05) is 33.1 Å². The lowest BCUT2D eigenvalue weighted by molar-refractivity contribution is -0.671. The molecular weight excluding hydrogens is 272 g/mol. The van der Waals surface area contributed by atoms with Crippen LogP contribution in [-0.2, 0) is 27.2 Å². The Kier molecular flexibility index (Phi) is 9.28. The topological polar surface area (TPSA) is 17.6 Å². The number of nitrogens with zero attached hydrogens (tertiary/aromatic N) is 4. The van der Waals surface area contributed by atoms with Gasteiger partial charge in [0.1, 0.15) is 24.8 Å². The minimum atomic E-state index is 1.15. The summed E-state index contributed by atoms with van der Waals surface area (Å²) >= 11 is 0. The molecule has 0 spiro atoms. The van der Waals surface area contributed by atoms with Gasteiger partial charge in [0, 0.05) is 0 Å². The molecule has 4 nitrogen and oxygen atoms in total. The number of aromatic nitrogens is 4. The van der Waals surface area contributed by atoms with Crippen molar-refractivity contribution in [2.75, 3.05) is 0 Å². The third-order valence-electron chi connectivity index (χ3n) is 3.69. The molecular formula is C18H34N4+2. The fraction of sp³-hybridized carbons (Fsp3) is 0.667. The fourth-order valence-corrected chi connectivity index (χ4v) is 2.33. The van der Waals surface area contributed by atoms with Gasteiger partial charge in [0.2, 0.25) is 12.7 Å². The molecule has 0 saturated carbocycles. The van der Waals surface area contributed by atoms with Gasteiger partial charge in [-0.25, -0.2) is 18.3 Å². The summed E-state index contributed by atoms with van der Waals surface area (Å²) in [6.07, 6.45) is 20.5. The highest BCUT2D eigenvalue weighted by Gasteiger charge is 1.98. The first-order valence-corrected chi connectivity index (χ1v) is 8.67. The van der Waals surface area contributed by atoms with Gasteiger partial charge in [-0.2, -0.15) is 0 Å². The number of imidazole rings is 2. The molecule has 22 heavy (non-hydrogen) atoms. The van der Waals surface area contributed by atoms with E-state index >= 15 is 0 Å². The average molecular weight is 306 g/mol. The van der Waals surface area contributed by atoms with Gasteiger partial charge in [-0.3, -0.25) is 0 Å². The maximum Gasteiger partial charge on any atom is 0.243 e. The second kappa shape index (κ2) is 11.0. The Morgan fingerprint density at radius 1 is 0.682 bits per heavy atom. The largest absolute Gasteiger partial charge is 0.243 e. The summed E-state index contributed by atoms with van der Waals surface area (Å²) in [5.74, 6) is 0. The molecule has 0 amide bonds. The minimum Gasteiger partial charge on any atom is -0.240 e. The summed E-state index contributed by atoms with van der Waals surface area (Å²) in [5.41, 5.74) is 0. The quantitative estimate of drug-likeness (QED) is 0.527. The third kappa shape index (κ3) is 8.01. The van der Waals surface area contributed by atoms with Gasteiger partial charge in [0.05, 0.1) is 27.2 Å². The van der Waals surface area contributed by atoms with Gasteiger partial charge in [-0.15, -0.1) is 0 Å². The Labute approximate surface area is 136 Å².